The molecule has 1 amide bonds. The van der Waals surface area contributed by atoms with E-state index in [1.165, 1.54) is 13.3 Å². The number of rotatable bonds is 4. The van der Waals surface area contributed by atoms with Crippen LogP contribution in [-0.2, 0) is 4.79 Å². The Kier molecular flexibility index (Phi) is 4.90. The number of hydrogen-bond acceptors (Lipinski definition) is 3. The fraction of sp³-hybridized carbons (Fsp3) is 0.500. The predicted molar refractivity (Wildman–Crippen MR) is 80.0 cm³/mol. The van der Waals surface area contributed by atoms with Gasteiger partial charge in [0, 0.05) is 11.6 Å². The highest BCUT2D eigenvalue weighted by Gasteiger charge is 2.21. The summed E-state index contributed by atoms with van der Waals surface area (Å²) in [7, 11) is 0. The summed E-state index contributed by atoms with van der Waals surface area (Å²) in [6, 6.07) is 7.60. The number of nitrogens with one attached hydrogen (secondary N) is 1. The quantitative estimate of drug-likeness (QED) is 0.859. The number of Topliss-reactive ketones (excluding diaryl/α,β-unsaturated/α-hetero) is 1. The van der Waals surface area contributed by atoms with Crippen molar-refractivity contribution in [3.8, 4) is 0 Å². The zero-order valence-electron chi connectivity index (χ0n) is 12.2. The fourth-order valence-corrected chi connectivity index (χ4v) is 2.67. The van der Waals surface area contributed by atoms with Gasteiger partial charge in [-0.25, -0.2) is 0 Å². The van der Waals surface area contributed by atoms with E-state index in [9.17, 15) is 9.59 Å². The lowest BCUT2D eigenvalue weighted by molar-refractivity contribution is -0.118. The summed E-state index contributed by atoms with van der Waals surface area (Å²) in [6.45, 7) is 5.05. The Labute approximate surface area is 120 Å². The van der Waals surface area contributed by atoms with Crippen LogP contribution in [0.1, 0.15) is 43.5 Å². The van der Waals surface area contributed by atoms with Gasteiger partial charge >= 0.3 is 0 Å². The maximum absolute atomic E-state index is 12.1. The van der Waals surface area contributed by atoms with Gasteiger partial charge in [0.05, 0.1) is 12.2 Å². The standard InChI is InChI=1S/C16H22N2O2/c1-12-7-5-6-10-18(12)11-16(20)17-15-9-4-3-8-14(15)13(2)19/h3-4,8-9,12H,5-7,10-11H2,1-2H3,(H,17,20). The molecule has 0 spiro atoms. The van der Waals surface area contributed by atoms with Gasteiger partial charge in [-0.2, -0.15) is 0 Å². The van der Waals surface area contributed by atoms with Crippen LogP contribution in [-0.4, -0.2) is 35.7 Å². The van der Waals surface area contributed by atoms with Gasteiger partial charge in [0.15, 0.2) is 5.78 Å². The number of benzene rings is 1. The van der Waals surface area contributed by atoms with Crippen LogP contribution in [0.4, 0.5) is 5.69 Å². The molecule has 1 heterocycles. The van der Waals surface area contributed by atoms with Crippen molar-refractivity contribution < 1.29 is 9.59 Å². The second kappa shape index (κ2) is 6.66. The molecule has 0 aromatic heterocycles. The fourth-order valence-electron chi connectivity index (χ4n) is 2.67. The van der Waals surface area contributed by atoms with Crippen LogP contribution in [0, 0.1) is 0 Å². The first-order valence-electron chi connectivity index (χ1n) is 7.22. The molecule has 0 saturated carbocycles. The number of anilines is 1. The topological polar surface area (TPSA) is 49.4 Å². The molecule has 0 aliphatic carbocycles. The van der Waals surface area contributed by atoms with E-state index in [2.05, 4.69) is 17.1 Å². The zero-order valence-corrected chi connectivity index (χ0v) is 12.2. The van der Waals surface area contributed by atoms with E-state index in [0.29, 0.717) is 23.8 Å². The van der Waals surface area contributed by atoms with Crippen molar-refractivity contribution in [1.82, 2.24) is 4.90 Å². The molecule has 1 N–H and O–H groups in total. The van der Waals surface area contributed by atoms with Crippen LogP contribution in [0.25, 0.3) is 0 Å². The van der Waals surface area contributed by atoms with Crippen molar-refractivity contribution in [2.24, 2.45) is 0 Å². The number of likely N-dealkylation sites (tertiary alicyclic amines) is 1. The molecule has 1 aliphatic heterocycles. The number of nitrogens with zero attached hydrogens (tertiary/aromatic N) is 1. The number of ketones is 1. The number of piperidine rings is 1. The Morgan fingerprint density at radius 2 is 2.05 bits per heavy atom. The van der Waals surface area contributed by atoms with E-state index in [1.54, 1.807) is 18.2 Å². The molecule has 1 aromatic carbocycles. The molecule has 1 unspecified atom stereocenters. The Morgan fingerprint density at radius 3 is 2.75 bits per heavy atom. The zero-order chi connectivity index (χ0) is 14.5. The minimum Gasteiger partial charge on any atom is -0.324 e. The second-order valence-corrected chi connectivity index (χ2v) is 5.47. The van der Waals surface area contributed by atoms with Crippen LogP contribution in [0.2, 0.25) is 0 Å². The van der Waals surface area contributed by atoms with Gasteiger partial charge in [-0.15, -0.1) is 0 Å². The van der Waals surface area contributed by atoms with Gasteiger partial charge in [0.1, 0.15) is 0 Å². The van der Waals surface area contributed by atoms with Crippen molar-refractivity contribution in [3.05, 3.63) is 29.8 Å². The van der Waals surface area contributed by atoms with Crippen LogP contribution < -0.4 is 5.32 Å². The molecule has 0 radical (unpaired) electrons. The largest absolute Gasteiger partial charge is 0.324 e. The van der Waals surface area contributed by atoms with Crippen molar-refractivity contribution in [2.75, 3.05) is 18.4 Å². The van der Waals surface area contributed by atoms with Crippen molar-refractivity contribution in [2.45, 2.75) is 39.2 Å². The first-order valence-corrected chi connectivity index (χ1v) is 7.22. The van der Waals surface area contributed by atoms with Crippen molar-refractivity contribution in [3.63, 3.8) is 0 Å². The van der Waals surface area contributed by atoms with Gasteiger partial charge in [-0.05, 0) is 45.4 Å². The maximum atomic E-state index is 12.1. The van der Waals surface area contributed by atoms with Crippen molar-refractivity contribution in [1.29, 1.82) is 0 Å². The molecule has 0 bridgehead atoms. The smallest absolute Gasteiger partial charge is 0.238 e. The van der Waals surface area contributed by atoms with Gasteiger partial charge < -0.3 is 5.32 Å². The number of amides is 1. The van der Waals surface area contributed by atoms with Crippen LogP contribution in [0.5, 0.6) is 0 Å². The van der Waals surface area contributed by atoms with E-state index in [0.717, 1.165) is 19.4 Å². The molecule has 1 atom stereocenters. The molecule has 1 fully saturated rings. The van der Waals surface area contributed by atoms with E-state index in [4.69, 9.17) is 0 Å². The average molecular weight is 274 g/mol. The molecule has 1 aliphatic rings. The summed E-state index contributed by atoms with van der Waals surface area (Å²) >= 11 is 0. The molecule has 4 heteroatoms. The number of carbonyl (C=O) groups is 2. The second-order valence-electron chi connectivity index (χ2n) is 5.47. The third-order valence-corrected chi connectivity index (χ3v) is 3.87. The normalized spacial score (nSPS) is 19.6. The lowest BCUT2D eigenvalue weighted by Crippen LogP contribution is -2.42. The monoisotopic (exact) mass is 274 g/mol. The molecule has 4 nitrogen and oxygen atoms in total. The Hall–Kier alpha value is -1.68. The van der Waals surface area contributed by atoms with Gasteiger partial charge in [-0.3, -0.25) is 14.5 Å². The summed E-state index contributed by atoms with van der Waals surface area (Å²) in [6.07, 6.45) is 3.55. The summed E-state index contributed by atoms with van der Waals surface area (Å²) in [4.78, 5) is 25.9. The van der Waals surface area contributed by atoms with E-state index in [-0.39, 0.29) is 11.7 Å². The van der Waals surface area contributed by atoms with E-state index < -0.39 is 0 Å². The highest BCUT2D eigenvalue weighted by Crippen LogP contribution is 2.18. The van der Waals surface area contributed by atoms with Crippen LogP contribution in [0.15, 0.2) is 24.3 Å². The minimum absolute atomic E-state index is 0.0350. The van der Waals surface area contributed by atoms with Gasteiger partial charge in [0.25, 0.3) is 0 Å². The Balaban J connectivity index is 1.99. The Morgan fingerprint density at radius 1 is 1.30 bits per heavy atom. The molecular weight excluding hydrogens is 252 g/mol. The molecule has 108 valence electrons. The molecule has 1 saturated heterocycles. The minimum atomic E-state index is -0.0487. The predicted octanol–water partition coefficient (Wildman–Crippen LogP) is 2.70. The van der Waals surface area contributed by atoms with Gasteiger partial charge in [-0.1, -0.05) is 18.6 Å². The molecule has 1 aromatic rings. The summed E-state index contributed by atoms with van der Waals surface area (Å²) < 4.78 is 0. The first kappa shape index (κ1) is 14.7. The summed E-state index contributed by atoms with van der Waals surface area (Å²) in [5.74, 6) is -0.0836. The van der Waals surface area contributed by atoms with E-state index >= 15 is 0 Å². The van der Waals surface area contributed by atoms with Crippen LogP contribution in [0.3, 0.4) is 0 Å². The third kappa shape index (κ3) is 3.67. The third-order valence-electron chi connectivity index (χ3n) is 3.87. The summed E-state index contributed by atoms with van der Waals surface area (Å²) in [5, 5.41) is 2.86. The molecular formula is C16H22N2O2. The Bertz CT molecular complexity index is 499. The molecule has 2 rings (SSSR count). The number of hydrogen-bond donors (Lipinski definition) is 1. The summed E-state index contributed by atoms with van der Waals surface area (Å²) in [5.41, 5.74) is 1.17. The maximum Gasteiger partial charge on any atom is 0.238 e. The SMILES string of the molecule is CC(=O)c1ccccc1NC(=O)CN1CCCCC1C. The highest BCUT2D eigenvalue weighted by molar-refractivity contribution is 6.04. The highest BCUT2D eigenvalue weighted by atomic mass is 16.2. The lowest BCUT2D eigenvalue weighted by atomic mass is 10.0. The number of carbonyl (C=O) groups excluding carboxylic acids is 2. The van der Waals surface area contributed by atoms with Crippen LogP contribution >= 0.6 is 0 Å². The van der Waals surface area contributed by atoms with E-state index in [1.807, 2.05) is 6.07 Å². The number of para-hydroxylation sites is 1. The average Bonchev–Trinajstić information content (AvgIpc) is 2.41. The lowest BCUT2D eigenvalue weighted by Gasteiger charge is -2.32. The molecule has 20 heavy (non-hydrogen) atoms. The van der Waals surface area contributed by atoms with Crippen molar-refractivity contribution >= 4 is 17.4 Å². The van der Waals surface area contributed by atoms with Gasteiger partial charge in [0.2, 0.25) is 5.91 Å². The first-order chi connectivity index (χ1) is 9.58.